The fourth-order valence-corrected chi connectivity index (χ4v) is 2.70. The van der Waals surface area contributed by atoms with Gasteiger partial charge >= 0.3 is 5.97 Å². The zero-order chi connectivity index (χ0) is 18.7. The molecule has 2 aromatic carbocycles. The van der Waals surface area contributed by atoms with E-state index in [0.29, 0.717) is 5.56 Å². The second-order valence-electron chi connectivity index (χ2n) is 6.28. The van der Waals surface area contributed by atoms with Crippen LogP contribution in [-0.2, 0) is 9.53 Å². The largest absolute Gasteiger partial charge is 0.507 e. The number of hydrogen-bond acceptors (Lipinski definition) is 4. The molecule has 2 N–H and O–H groups in total. The fourth-order valence-electron chi connectivity index (χ4n) is 2.70. The number of carbonyl (C=O) groups excluding carboxylic acids is 2. The Morgan fingerprint density at radius 3 is 2.24 bits per heavy atom. The minimum Gasteiger partial charge on any atom is -0.507 e. The van der Waals surface area contributed by atoms with Crippen molar-refractivity contribution >= 4 is 17.6 Å². The normalized spacial score (nSPS) is 11.7. The second-order valence-corrected chi connectivity index (χ2v) is 6.28. The van der Waals surface area contributed by atoms with Crippen molar-refractivity contribution in [2.24, 2.45) is 0 Å². The van der Waals surface area contributed by atoms with Crippen molar-refractivity contribution in [2.75, 3.05) is 5.32 Å². The molecule has 132 valence electrons. The Balaban J connectivity index is 2.11. The summed E-state index contributed by atoms with van der Waals surface area (Å²) < 4.78 is 5.20. The molecule has 1 atom stereocenters. The Morgan fingerprint density at radius 2 is 1.64 bits per heavy atom. The third kappa shape index (κ3) is 4.18. The number of hydrogen-bond donors (Lipinski definition) is 2. The first-order valence-electron chi connectivity index (χ1n) is 8.09. The van der Waals surface area contributed by atoms with Crippen LogP contribution in [0.25, 0.3) is 0 Å². The van der Waals surface area contributed by atoms with Gasteiger partial charge in [-0.15, -0.1) is 0 Å². The molecule has 25 heavy (non-hydrogen) atoms. The van der Waals surface area contributed by atoms with Gasteiger partial charge in [0.15, 0.2) is 6.10 Å². The van der Waals surface area contributed by atoms with Crippen molar-refractivity contribution in [1.29, 1.82) is 0 Å². The lowest BCUT2D eigenvalue weighted by Crippen LogP contribution is -2.30. The maximum absolute atomic E-state index is 12.4. The van der Waals surface area contributed by atoms with E-state index in [9.17, 15) is 14.7 Å². The number of esters is 1. The molecule has 0 fully saturated rings. The van der Waals surface area contributed by atoms with E-state index in [1.807, 2.05) is 32.9 Å². The highest BCUT2D eigenvalue weighted by atomic mass is 16.5. The molecule has 0 heterocycles. The highest BCUT2D eigenvalue weighted by molar-refractivity contribution is 5.99. The van der Waals surface area contributed by atoms with Crippen molar-refractivity contribution in [3.05, 3.63) is 58.1 Å². The van der Waals surface area contributed by atoms with Crippen molar-refractivity contribution in [3.8, 4) is 5.75 Å². The topological polar surface area (TPSA) is 75.6 Å². The number of phenols is 1. The Morgan fingerprint density at radius 1 is 1.04 bits per heavy atom. The van der Waals surface area contributed by atoms with Gasteiger partial charge in [0, 0.05) is 5.69 Å². The maximum atomic E-state index is 12.4. The van der Waals surface area contributed by atoms with Crippen LogP contribution in [0.15, 0.2) is 30.3 Å². The van der Waals surface area contributed by atoms with Gasteiger partial charge in [0.05, 0.1) is 0 Å². The van der Waals surface area contributed by atoms with E-state index in [-0.39, 0.29) is 11.3 Å². The lowest BCUT2D eigenvalue weighted by molar-refractivity contribution is -0.123. The van der Waals surface area contributed by atoms with E-state index in [4.69, 9.17) is 4.74 Å². The van der Waals surface area contributed by atoms with Crippen molar-refractivity contribution in [3.63, 3.8) is 0 Å². The van der Waals surface area contributed by atoms with Crippen LogP contribution in [0.3, 0.4) is 0 Å². The fraction of sp³-hybridized carbons (Fsp3) is 0.300. The zero-order valence-electron chi connectivity index (χ0n) is 15.1. The molecule has 5 nitrogen and oxygen atoms in total. The number of aromatic hydroxyl groups is 1. The molecule has 2 aromatic rings. The first kappa shape index (κ1) is 18.5. The third-order valence-corrected chi connectivity index (χ3v) is 4.04. The summed E-state index contributed by atoms with van der Waals surface area (Å²) in [6, 6.07) is 8.75. The van der Waals surface area contributed by atoms with Crippen LogP contribution in [0.4, 0.5) is 5.69 Å². The number of benzene rings is 2. The molecule has 1 amide bonds. The minimum absolute atomic E-state index is 0.0438. The van der Waals surface area contributed by atoms with Crippen LogP contribution in [-0.4, -0.2) is 23.1 Å². The van der Waals surface area contributed by atoms with E-state index in [1.54, 1.807) is 19.1 Å². The van der Waals surface area contributed by atoms with Crippen LogP contribution in [0.2, 0.25) is 0 Å². The second kappa shape index (κ2) is 7.38. The lowest BCUT2D eigenvalue weighted by atomic mass is 10.0. The van der Waals surface area contributed by atoms with Gasteiger partial charge in [0.2, 0.25) is 0 Å². The van der Waals surface area contributed by atoms with E-state index in [1.165, 1.54) is 13.0 Å². The molecular formula is C20H23NO4. The van der Waals surface area contributed by atoms with Crippen LogP contribution < -0.4 is 5.32 Å². The number of rotatable bonds is 4. The molecular weight excluding hydrogens is 318 g/mol. The van der Waals surface area contributed by atoms with Crippen molar-refractivity contribution < 1.29 is 19.4 Å². The van der Waals surface area contributed by atoms with Crippen LogP contribution in [0.5, 0.6) is 5.75 Å². The number of phenolic OH excluding ortho intramolecular Hbond substituents is 1. The van der Waals surface area contributed by atoms with Crippen LogP contribution in [0.1, 0.15) is 39.5 Å². The number of para-hydroxylation sites is 1. The summed E-state index contributed by atoms with van der Waals surface area (Å²) in [4.78, 5) is 24.6. The van der Waals surface area contributed by atoms with E-state index >= 15 is 0 Å². The van der Waals surface area contributed by atoms with Gasteiger partial charge in [-0.3, -0.25) is 4.79 Å². The number of nitrogens with one attached hydrogen (secondary N) is 1. The molecule has 0 aliphatic heterocycles. The smallest absolute Gasteiger partial charge is 0.342 e. The molecule has 0 aliphatic rings. The van der Waals surface area contributed by atoms with Gasteiger partial charge in [0.25, 0.3) is 5.91 Å². The standard InChI is InChI=1S/C20H23NO4/c1-11-9-13(3)17(14(4)10-11)21-19(23)15(5)25-20(24)16-8-6-7-12(2)18(16)22/h6-10,15,22H,1-5H3,(H,21,23)/t15-/m0/s1. The van der Waals surface area contributed by atoms with Gasteiger partial charge < -0.3 is 15.2 Å². The predicted molar refractivity (Wildman–Crippen MR) is 97.0 cm³/mol. The van der Waals surface area contributed by atoms with Gasteiger partial charge in [-0.1, -0.05) is 29.8 Å². The first-order valence-corrected chi connectivity index (χ1v) is 8.09. The van der Waals surface area contributed by atoms with Crippen LogP contribution in [0, 0.1) is 27.7 Å². The number of amides is 1. The molecule has 0 radical (unpaired) electrons. The van der Waals surface area contributed by atoms with Gasteiger partial charge in [-0.2, -0.15) is 0 Å². The Labute approximate surface area is 147 Å². The quantitative estimate of drug-likeness (QED) is 0.829. The van der Waals surface area contributed by atoms with Gasteiger partial charge in [-0.25, -0.2) is 4.79 Å². The summed E-state index contributed by atoms with van der Waals surface area (Å²) in [6.07, 6.45) is -0.993. The summed E-state index contributed by atoms with van der Waals surface area (Å²) in [6.45, 7) is 9.00. The Kier molecular flexibility index (Phi) is 5.47. The summed E-state index contributed by atoms with van der Waals surface area (Å²) in [5, 5.41) is 12.8. The van der Waals surface area contributed by atoms with Crippen LogP contribution >= 0.6 is 0 Å². The molecule has 0 unspecified atom stereocenters. The Bertz CT molecular complexity index is 803. The predicted octanol–water partition coefficient (Wildman–Crippen LogP) is 3.81. The summed E-state index contributed by atoms with van der Waals surface area (Å²) in [5.41, 5.74) is 4.33. The van der Waals surface area contributed by atoms with Crippen molar-refractivity contribution in [1.82, 2.24) is 0 Å². The number of anilines is 1. The number of aryl methyl sites for hydroxylation is 4. The minimum atomic E-state index is -0.993. The average molecular weight is 341 g/mol. The van der Waals surface area contributed by atoms with Crippen molar-refractivity contribution in [2.45, 2.75) is 40.7 Å². The Hall–Kier alpha value is -2.82. The number of carbonyl (C=O) groups is 2. The average Bonchev–Trinajstić information content (AvgIpc) is 2.52. The molecule has 0 aromatic heterocycles. The van der Waals surface area contributed by atoms with Gasteiger partial charge in [-0.05, 0) is 57.4 Å². The summed E-state index contributed by atoms with van der Waals surface area (Å²) in [5.74, 6) is -1.29. The SMILES string of the molecule is Cc1cc(C)c(NC(=O)[C@H](C)OC(=O)c2cccc(C)c2O)c(C)c1. The highest BCUT2D eigenvalue weighted by Crippen LogP contribution is 2.24. The highest BCUT2D eigenvalue weighted by Gasteiger charge is 2.22. The lowest BCUT2D eigenvalue weighted by Gasteiger charge is -2.17. The first-order chi connectivity index (χ1) is 11.7. The van der Waals surface area contributed by atoms with E-state index in [2.05, 4.69) is 5.32 Å². The summed E-state index contributed by atoms with van der Waals surface area (Å²) in [7, 11) is 0. The van der Waals surface area contributed by atoms with E-state index < -0.39 is 18.0 Å². The maximum Gasteiger partial charge on any atom is 0.342 e. The van der Waals surface area contributed by atoms with Gasteiger partial charge in [0.1, 0.15) is 11.3 Å². The molecule has 0 bridgehead atoms. The molecule has 0 saturated heterocycles. The number of ether oxygens (including phenoxy) is 1. The summed E-state index contributed by atoms with van der Waals surface area (Å²) >= 11 is 0. The molecule has 0 saturated carbocycles. The molecule has 2 rings (SSSR count). The van der Waals surface area contributed by atoms with E-state index in [0.717, 1.165) is 22.4 Å². The molecule has 5 heteroatoms. The monoisotopic (exact) mass is 341 g/mol. The molecule has 0 spiro atoms. The molecule has 0 aliphatic carbocycles. The zero-order valence-corrected chi connectivity index (χ0v) is 15.1. The third-order valence-electron chi connectivity index (χ3n) is 4.04.